The molecule has 0 aromatic heterocycles. The van der Waals surface area contributed by atoms with Crippen LogP contribution in [0.15, 0.2) is 29.2 Å². The van der Waals surface area contributed by atoms with Gasteiger partial charge in [0.05, 0.1) is 7.11 Å². The quantitative estimate of drug-likeness (QED) is 0.788. The fourth-order valence-corrected chi connectivity index (χ4v) is 1.72. The van der Waals surface area contributed by atoms with Crippen LogP contribution in [0.2, 0.25) is 0 Å². The van der Waals surface area contributed by atoms with E-state index in [0.717, 1.165) is 22.4 Å². The third kappa shape index (κ3) is 3.79. The molecule has 0 fully saturated rings. The molecule has 1 aromatic carbocycles. The van der Waals surface area contributed by atoms with Gasteiger partial charge in [0, 0.05) is 10.6 Å². The van der Waals surface area contributed by atoms with Crippen molar-refractivity contribution < 1.29 is 19.0 Å². The highest BCUT2D eigenvalue weighted by Crippen LogP contribution is 2.22. The first-order valence-corrected chi connectivity index (χ1v) is 5.26. The summed E-state index contributed by atoms with van der Waals surface area (Å²) in [5, 5.41) is 8.33. The Balaban J connectivity index is 2.47. The van der Waals surface area contributed by atoms with E-state index in [1.54, 1.807) is 31.4 Å². The van der Waals surface area contributed by atoms with Crippen molar-refractivity contribution in [3.63, 3.8) is 0 Å². The molecule has 3 nitrogen and oxygen atoms in total. The van der Waals surface area contributed by atoms with Gasteiger partial charge in [-0.3, -0.25) is 0 Å². The molecule has 0 amide bonds. The summed E-state index contributed by atoms with van der Waals surface area (Å²) in [6.45, 7) is 0. The van der Waals surface area contributed by atoms with Crippen molar-refractivity contribution in [3.8, 4) is 5.75 Å². The first-order valence-electron chi connectivity index (χ1n) is 4.27. The number of halogens is 1. The molecule has 1 N–H and O–H groups in total. The normalized spacial score (nSPS) is 12.1. The first-order chi connectivity index (χ1) is 7.13. The van der Waals surface area contributed by atoms with Crippen LogP contribution in [-0.4, -0.2) is 30.1 Å². The number of aliphatic carboxylic acids is 1. The maximum Gasteiger partial charge on any atom is 0.339 e. The van der Waals surface area contributed by atoms with E-state index in [9.17, 15) is 9.18 Å². The summed E-state index contributed by atoms with van der Waals surface area (Å²) >= 11 is 1.16. The van der Waals surface area contributed by atoms with Crippen molar-refractivity contribution in [1.29, 1.82) is 0 Å². The lowest BCUT2D eigenvalue weighted by Gasteiger charge is -2.04. The smallest absolute Gasteiger partial charge is 0.339 e. The van der Waals surface area contributed by atoms with Gasteiger partial charge < -0.3 is 9.84 Å². The van der Waals surface area contributed by atoms with Gasteiger partial charge >= 0.3 is 5.97 Å². The topological polar surface area (TPSA) is 46.5 Å². The van der Waals surface area contributed by atoms with Crippen LogP contribution < -0.4 is 4.74 Å². The molecule has 0 aliphatic carbocycles. The fourth-order valence-electron chi connectivity index (χ4n) is 0.913. The molecule has 1 aromatic rings. The zero-order valence-corrected chi connectivity index (χ0v) is 8.96. The third-order valence-electron chi connectivity index (χ3n) is 1.72. The summed E-state index contributed by atoms with van der Waals surface area (Å²) in [6, 6.07) is 7.02. The molecule has 0 radical (unpaired) electrons. The molecule has 1 unspecified atom stereocenters. The highest BCUT2D eigenvalue weighted by Gasteiger charge is 2.15. The number of methoxy groups -OCH3 is 1. The summed E-state index contributed by atoms with van der Waals surface area (Å²) in [7, 11) is 1.56. The number of benzene rings is 1. The Labute approximate surface area is 91.2 Å². The molecule has 5 heteroatoms. The minimum absolute atomic E-state index is 0.0817. The lowest BCUT2D eigenvalue weighted by molar-refractivity contribution is -0.141. The first kappa shape index (κ1) is 11.8. The number of carboxylic acid groups (broad SMARTS) is 1. The van der Waals surface area contributed by atoms with Gasteiger partial charge in [-0.2, -0.15) is 0 Å². The standard InChI is InChI=1S/C10H11FO3S/c1-14-7-2-4-8(5-3-7)15-6-9(11)10(12)13/h2-5,9H,6H2,1H3,(H,12,13). The number of hydrogen-bond donors (Lipinski definition) is 1. The SMILES string of the molecule is COc1ccc(SCC(F)C(=O)O)cc1. The zero-order chi connectivity index (χ0) is 11.3. The summed E-state index contributed by atoms with van der Waals surface area (Å²) in [5.74, 6) is -0.785. The Morgan fingerprint density at radius 3 is 2.60 bits per heavy atom. The van der Waals surface area contributed by atoms with Crippen LogP contribution in [0, 0.1) is 0 Å². The second-order valence-corrected chi connectivity index (χ2v) is 3.89. The van der Waals surface area contributed by atoms with Crippen LogP contribution in [0.25, 0.3) is 0 Å². The van der Waals surface area contributed by atoms with E-state index < -0.39 is 12.1 Å². The van der Waals surface area contributed by atoms with E-state index in [1.165, 1.54) is 0 Å². The number of alkyl halides is 1. The van der Waals surface area contributed by atoms with Gasteiger partial charge in [-0.15, -0.1) is 11.8 Å². The van der Waals surface area contributed by atoms with E-state index in [1.807, 2.05) is 0 Å². The van der Waals surface area contributed by atoms with Crippen molar-refractivity contribution in [2.75, 3.05) is 12.9 Å². The minimum atomic E-state index is -1.82. The largest absolute Gasteiger partial charge is 0.497 e. The molecule has 15 heavy (non-hydrogen) atoms. The van der Waals surface area contributed by atoms with Gasteiger partial charge in [0.1, 0.15) is 5.75 Å². The number of carbonyl (C=O) groups is 1. The molecule has 0 spiro atoms. The monoisotopic (exact) mass is 230 g/mol. The molecule has 1 rings (SSSR count). The van der Waals surface area contributed by atoms with Crippen LogP contribution in [-0.2, 0) is 4.79 Å². The molecule has 0 aliphatic rings. The lowest BCUT2D eigenvalue weighted by atomic mass is 10.3. The molecule has 0 heterocycles. The minimum Gasteiger partial charge on any atom is -0.497 e. The van der Waals surface area contributed by atoms with Crippen LogP contribution >= 0.6 is 11.8 Å². The molecular weight excluding hydrogens is 219 g/mol. The predicted molar refractivity (Wildman–Crippen MR) is 56.2 cm³/mol. The number of rotatable bonds is 5. The predicted octanol–water partition coefficient (Wildman–Crippen LogP) is 2.21. The number of thioether (sulfide) groups is 1. The molecule has 0 saturated heterocycles. The van der Waals surface area contributed by atoms with Gasteiger partial charge in [-0.1, -0.05) is 0 Å². The van der Waals surface area contributed by atoms with Crippen molar-refractivity contribution in [2.45, 2.75) is 11.1 Å². The van der Waals surface area contributed by atoms with E-state index in [2.05, 4.69) is 0 Å². The fraction of sp³-hybridized carbons (Fsp3) is 0.300. The lowest BCUT2D eigenvalue weighted by Crippen LogP contribution is -2.16. The summed E-state index contributed by atoms with van der Waals surface area (Å²) in [6.07, 6.45) is -1.82. The molecule has 0 saturated carbocycles. The van der Waals surface area contributed by atoms with Crippen LogP contribution in [0.5, 0.6) is 5.75 Å². The Morgan fingerprint density at radius 2 is 2.13 bits per heavy atom. The van der Waals surface area contributed by atoms with Gasteiger partial charge in [-0.05, 0) is 24.3 Å². The molecular formula is C10H11FO3S. The molecule has 0 aliphatic heterocycles. The highest BCUT2D eigenvalue weighted by atomic mass is 32.2. The third-order valence-corrected chi connectivity index (χ3v) is 2.79. The number of carboxylic acids is 1. The summed E-state index contributed by atoms with van der Waals surface area (Å²) < 4.78 is 17.7. The number of ether oxygens (including phenoxy) is 1. The van der Waals surface area contributed by atoms with Crippen molar-refractivity contribution in [2.24, 2.45) is 0 Å². The molecule has 82 valence electrons. The summed E-state index contributed by atoms with van der Waals surface area (Å²) in [4.78, 5) is 11.0. The summed E-state index contributed by atoms with van der Waals surface area (Å²) in [5.41, 5.74) is 0. The highest BCUT2D eigenvalue weighted by molar-refractivity contribution is 7.99. The van der Waals surface area contributed by atoms with Crippen molar-refractivity contribution >= 4 is 17.7 Å². The van der Waals surface area contributed by atoms with Gasteiger partial charge in [-0.25, -0.2) is 9.18 Å². The van der Waals surface area contributed by atoms with Crippen LogP contribution in [0.3, 0.4) is 0 Å². The second-order valence-electron chi connectivity index (χ2n) is 2.79. The van der Waals surface area contributed by atoms with E-state index in [4.69, 9.17) is 9.84 Å². The van der Waals surface area contributed by atoms with E-state index >= 15 is 0 Å². The Morgan fingerprint density at radius 1 is 1.53 bits per heavy atom. The van der Waals surface area contributed by atoms with E-state index in [0.29, 0.717) is 0 Å². The van der Waals surface area contributed by atoms with Crippen LogP contribution in [0.1, 0.15) is 0 Å². The average Bonchev–Trinajstić information content (AvgIpc) is 2.26. The van der Waals surface area contributed by atoms with Crippen LogP contribution in [0.4, 0.5) is 4.39 Å². The molecule has 0 bridgehead atoms. The van der Waals surface area contributed by atoms with Crippen molar-refractivity contribution in [1.82, 2.24) is 0 Å². The molecule has 1 atom stereocenters. The van der Waals surface area contributed by atoms with E-state index in [-0.39, 0.29) is 5.75 Å². The average molecular weight is 230 g/mol. The Kier molecular flexibility index (Phi) is 4.42. The maximum absolute atomic E-state index is 12.7. The Hall–Kier alpha value is -1.23. The zero-order valence-electron chi connectivity index (χ0n) is 8.14. The second kappa shape index (κ2) is 5.60. The Bertz CT molecular complexity index is 326. The van der Waals surface area contributed by atoms with Crippen molar-refractivity contribution in [3.05, 3.63) is 24.3 Å². The van der Waals surface area contributed by atoms with Gasteiger partial charge in [0.15, 0.2) is 0 Å². The number of hydrogen-bond acceptors (Lipinski definition) is 3. The van der Waals surface area contributed by atoms with Gasteiger partial charge in [0.25, 0.3) is 0 Å². The van der Waals surface area contributed by atoms with Gasteiger partial charge in [0.2, 0.25) is 6.17 Å². The maximum atomic E-state index is 12.7.